The van der Waals surface area contributed by atoms with Gasteiger partial charge in [0.05, 0.1) is 34.3 Å². The van der Waals surface area contributed by atoms with Gasteiger partial charge in [-0.2, -0.15) is 0 Å². The van der Waals surface area contributed by atoms with Gasteiger partial charge in [-0.15, -0.1) is 11.3 Å². The number of hydrogen-bond donors (Lipinski definition) is 3. The number of nitrogens with one attached hydrogen (secondary N) is 1. The first-order valence-electron chi connectivity index (χ1n) is 10.5. The number of β-amino-alcohol motifs (C(OH)–C–C–N with tert-alkyl or cyclic N) is 1. The molecule has 7 nitrogen and oxygen atoms in total. The van der Waals surface area contributed by atoms with Crippen LogP contribution in [0.1, 0.15) is 51.4 Å². The average Bonchev–Trinajstić information content (AvgIpc) is 3.31. The minimum absolute atomic E-state index is 0.123. The van der Waals surface area contributed by atoms with Crippen LogP contribution in [0.5, 0.6) is 0 Å². The number of aliphatic hydroxyl groups is 1. The number of nitrogens with two attached hydrogens (primary N) is 1. The maximum absolute atomic E-state index is 13.0. The van der Waals surface area contributed by atoms with Crippen molar-refractivity contribution in [1.82, 2.24) is 15.2 Å². The lowest BCUT2D eigenvalue weighted by atomic mass is 9.86. The molecule has 4 N–H and O–H groups in total. The second-order valence-electron chi connectivity index (χ2n) is 9.36. The first kappa shape index (κ1) is 23.4. The Bertz CT molecular complexity index is 935. The first-order valence-corrected chi connectivity index (χ1v) is 11.4. The third kappa shape index (κ3) is 5.14. The van der Waals surface area contributed by atoms with E-state index in [1.807, 2.05) is 64.4 Å². The van der Waals surface area contributed by atoms with Crippen LogP contribution in [0, 0.1) is 12.3 Å². The van der Waals surface area contributed by atoms with Crippen LogP contribution in [0.25, 0.3) is 10.4 Å². The molecule has 2 heterocycles. The van der Waals surface area contributed by atoms with Gasteiger partial charge in [0.15, 0.2) is 0 Å². The number of aromatic nitrogens is 1. The maximum atomic E-state index is 13.0. The van der Waals surface area contributed by atoms with E-state index < -0.39 is 23.6 Å². The molecule has 168 valence electrons. The fraction of sp³-hybridized carbons (Fsp3) is 0.522. The number of rotatable bonds is 5. The summed E-state index contributed by atoms with van der Waals surface area (Å²) in [5.74, 6) is -0.581. The molecule has 1 aliphatic rings. The lowest BCUT2D eigenvalue weighted by molar-refractivity contribution is -0.141. The van der Waals surface area contributed by atoms with E-state index in [-0.39, 0.29) is 30.8 Å². The van der Waals surface area contributed by atoms with Crippen molar-refractivity contribution in [3.05, 3.63) is 41.0 Å². The summed E-state index contributed by atoms with van der Waals surface area (Å²) >= 11 is 1.60. The monoisotopic (exact) mass is 444 g/mol. The number of aliphatic hydroxyl groups excluding tert-OH is 1. The summed E-state index contributed by atoms with van der Waals surface area (Å²) in [7, 11) is 0. The quantitative estimate of drug-likeness (QED) is 0.657. The van der Waals surface area contributed by atoms with Crippen LogP contribution in [0.15, 0.2) is 29.8 Å². The smallest absolute Gasteiger partial charge is 0.243 e. The summed E-state index contributed by atoms with van der Waals surface area (Å²) in [4.78, 5) is 32.7. The van der Waals surface area contributed by atoms with Crippen LogP contribution in [0.2, 0.25) is 0 Å². The first-order chi connectivity index (χ1) is 14.5. The van der Waals surface area contributed by atoms with E-state index in [2.05, 4.69) is 10.3 Å². The van der Waals surface area contributed by atoms with Crippen LogP contribution in [0.3, 0.4) is 0 Å². The molecule has 0 unspecified atom stereocenters. The molecule has 1 fully saturated rings. The van der Waals surface area contributed by atoms with Crippen molar-refractivity contribution < 1.29 is 14.7 Å². The van der Waals surface area contributed by atoms with Crippen molar-refractivity contribution in [1.29, 1.82) is 0 Å². The SMILES string of the molecule is Cc1ncsc1-c1ccc([C@@H](C)NC(=O)[C@@H]2C[C@@H](O)CN2C(=O)[C@@H](N)C(C)(C)C)cc1. The summed E-state index contributed by atoms with van der Waals surface area (Å²) in [6.45, 7) is 9.67. The number of amides is 2. The van der Waals surface area contributed by atoms with Gasteiger partial charge in [-0.25, -0.2) is 4.98 Å². The van der Waals surface area contributed by atoms with Gasteiger partial charge in [0, 0.05) is 13.0 Å². The van der Waals surface area contributed by atoms with Crippen LogP contribution in [-0.4, -0.2) is 51.5 Å². The Balaban J connectivity index is 1.69. The zero-order chi connectivity index (χ0) is 22.9. The number of hydrogen-bond acceptors (Lipinski definition) is 6. The second kappa shape index (κ2) is 9.06. The van der Waals surface area contributed by atoms with Gasteiger partial charge in [0.25, 0.3) is 0 Å². The van der Waals surface area contributed by atoms with Crippen LogP contribution in [0.4, 0.5) is 0 Å². The minimum Gasteiger partial charge on any atom is -0.391 e. The van der Waals surface area contributed by atoms with E-state index in [0.29, 0.717) is 0 Å². The third-order valence-electron chi connectivity index (χ3n) is 5.84. The average molecular weight is 445 g/mol. The number of aryl methyl sites for hydroxylation is 1. The number of carbonyl (C=O) groups is 2. The Hall–Kier alpha value is -2.29. The van der Waals surface area contributed by atoms with E-state index in [1.54, 1.807) is 11.3 Å². The lowest BCUT2D eigenvalue weighted by Crippen LogP contribution is -2.55. The summed E-state index contributed by atoms with van der Waals surface area (Å²) in [5.41, 5.74) is 10.6. The van der Waals surface area contributed by atoms with Crippen molar-refractivity contribution in [3.8, 4) is 10.4 Å². The van der Waals surface area contributed by atoms with E-state index in [4.69, 9.17) is 5.73 Å². The normalized spacial score (nSPS) is 21.1. The van der Waals surface area contributed by atoms with Gasteiger partial charge in [-0.1, -0.05) is 45.0 Å². The summed E-state index contributed by atoms with van der Waals surface area (Å²) in [5, 5.41) is 13.1. The number of likely N-dealkylation sites (tertiary alicyclic amines) is 1. The lowest BCUT2D eigenvalue weighted by Gasteiger charge is -2.32. The Morgan fingerprint density at radius 2 is 1.94 bits per heavy atom. The van der Waals surface area contributed by atoms with Gasteiger partial charge in [-0.3, -0.25) is 9.59 Å². The van der Waals surface area contributed by atoms with Gasteiger partial charge in [0.2, 0.25) is 11.8 Å². The summed E-state index contributed by atoms with van der Waals surface area (Å²) in [6, 6.07) is 6.32. The Morgan fingerprint density at radius 1 is 1.29 bits per heavy atom. The van der Waals surface area contributed by atoms with Crippen LogP contribution >= 0.6 is 11.3 Å². The molecule has 2 aromatic rings. The van der Waals surface area contributed by atoms with Crippen LogP contribution in [-0.2, 0) is 9.59 Å². The maximum Gasteiger partial charge on any atom is 0.243 e. The van der Waals surface area contributed by atoms with E-state index in [0.717, 1.165) is 21.7 Å². The fourth-order valence-corrected chi connectivity index (χ4v) is 4.56. The molecule has 1 saturated heterocycles. The molecule has 31 heavy (non-hydrogen) atoms. The predicted molar refractivity (Wildman–Crippen MR) is 122 cm³/mol. The topological polar surface area (TPSA) is 109 Å². The van der Waals surface area contributed by atoms with E-state index >= 15 is 0 Å². The van der Waals surface area contributed by atoms with Crippen molar-refractivity contribution in [3.63, 3.8) is 0 Å². The van der Waals surface area contributed by atoms with Crippen molar-refractivity contribution in [2.45, 2.75) is 65.3 Å². The zero-order valence-corrected chi connectivity index (χ0v) is 19.6. The second-order valence-corrected chi connectivity index (χ2v) is 10.2. The van der Waals surface area contributed by atoms with E-state index in [9.17, 15) is 14.7 Å². The Labute approximate surface area is 187 Å². The summed E-state index contributed by atoms with van der Waals surface area (Å²) < 4.78 is 0. The molecule has 3 rings (SSSR count). The molecule has 8 heteroatoms. The molecule has 1 aromatic heterocycles. The highest BCUT2D eigenvalue weighted by Crippen LogP contribution is 2.29. The molecule has 1 aromatic carbocycles. The molecule has 0 saturated carbocycles. The number of thiazole rings is 1. The number of nitrogens with zero attached hydrogens (tertiary/aromatic N) is 2. The highest BCUT2D eigenvalue weighted by molar-refractivity contribution is 7.13. The highest BCUT2D eigenvalue weighted by atomic mass is 32.1. The largest absolute Gasteiger partial charge is 0.391 e. The Kier molecular flexibility index (Phi) is 6.83. The van der Waals surface area contributed by atoms with Gasteiger partial charge < -0.3 is 21.1 Å². The van der Waals surface area contributed by atoms with Gasteiger partial charge >= 0.3 is 0 Å². The molecular weight excluding hydrogens is 412 g/mol. The zero-order valence-electron chi connectivity index (χ0n) is 18.8. The van der Waals surface area contributed by atoms with Crippen molar-refractivity contribution >= 4 is 23.2 Å². The number of carbonyl (C=O) groups excluding carboxylic acids is 2. The predicted octanol–water partition coefficient (Wildman–Crippen LogP) is 2.63. The molecule has 0 spiro atoms. The molecule has 0 aliphatic carbocycles. The Morgan fingerprint density at radius 3 is 2.48 bits per heavy atom. The molecule has 0 bridgehead atoms. The molecule has 2 amide bonds. The van der Waals surface area contributed by atoms with Crippen LogP contribution < -0.4 is 11.1 Å². The number of benzene rings is 1. The van der Waals surface area contributed by atoms with Crippen molar-refractivity contribution in [2.75, 3.05) is 6.54 Å². The van der Waals surface area contributed by atoms with E-state index in [1.165, 1.54) is 4.90 Å². The summed E-state index contributed by atoms with van der Waals surface area (Å²) in [6.07, 6.45) is -0.519. The minimum atomic E-state index is -0.742. The van der Waals surface area contributed by atoms with Gasteiger partial charge in [0.1, 0.15) is 6.04 Å². The standard InChI is InChI=1S/C23H32N4O3S/c1-13(15-6-8-16(9-7-15)19-14(2)25-12-31-19)26-21(29)18-10-17(28)11-27(18)22(30)20(24)23(3,4)5/h6-9,12-13,17-18,20,28H,10-11,24H2,1-5H3,(H,26,29)/t13-,17-,18+,20-/m1/s1. The third-order valence-corrected chi connectivity index (χ3v) is 6.82. The molecule has 4 atom stereocenters. The van der Waals surface area contributed by atoms with Gasteiger partial charge in [-0.05, 0) is 30.4 Å². The molecular formula is C23H32N4O3S. The highest BCUT2D eigenvalue weighted by Gasteiger charge is 2.42. The van der Waals surface area contributed by atoms with Crippen molar-refractivity contribution in [2.24, 2.45) is 11.1 Å². The molecule has 1 aliphatic heterocycles. The molecule has 0 radical (unpaired) electrons. The fourth-order valence-electron chi connectivity index (χ4n) is 3.75.